The van der Waals surface area contributed by atoms with Gasteiger partial charge in [0, 0.05) is 11.5 Å². The van der Waals surface area contributed by atoms with Gasteiger partial charge in [0.1, 0.15) is 12.4 Å². The lowest BCUT2D eigenvalue weighted by Gasteiger charge is -2.18. The fourth-order valence-corrected chi connectivity index (χ4v) is 4.92. The summed E-state index contributed by atoms with van der Waals surface area (Å²) in [6.07, 6.45) is 6.22. The maximum absolute atomic E-state index is 10.7. The smallest absolute Gasteiger partial charge is 0.232 e. The highest BCUT2D eigenvalue weighted by Crippen LogP contribution is 2.36. The lowest BCUT2D eigenvalue weighted by Crippen LogP contribution is -2.19. The van der Waals surface area contributed by atoms with Crippen molar-refractivity contribution in [2.24, 2.45) is 4.99 Å². The molecule has 1 saturated carbocycles. The van der Waals surface area contributed by atoms with Crippen LogP contribution in [0.5, 0.6) is 5.75 Å². The number of hydroxylamine groups is 1. The predicted octanol–water partition coefficient (Wildman–Crippen LogP) is 4.54. The average Bonchev–Trinajstić information content (AvgIpc) is 3.34. The standard InChI is InChI=1S/C20H22ClN3O3S/c1-12-17(28-20(22-12)13-5-3-2-4-6-13)11-26-14-7-8-15(16(21)9-14)19-23-18(10-25)27-24-19/h7-10,13,18H,2-6,11H2,1H3,(H,23,24). The van der Waals surface area contributed by atoms with Gasteiger partial charge >= 0.3 is 0 Å². The average molecular weight is 420 g/mol. The zero-order valence-corrected chi connectivity index (χ0v) is 17.2. The topological polar surface area (TPSA) is 72.8 Å². The van der Waals surface area contributed by atoms with Crippen molar-refractivity contribution >= 4 is 35.1 Å². The molecule has 1 aromatic heterocycles. The van der Waals surface area contributed by atoms with Crippen LogP contribution in [0.15, 0.2) is 23.2 Å². The van der Waals surface area contributed by atoms with Crippen molar-refractivity contribution in [2.45, 2.75) is 57.8 Å². The van der Waals surface area contributed by atoms with Crippen molar-refractivity contribution in [2.75, 3.05) is 0 Å². The zero-order valence-electron chi connectivity index (χ0n) is 15.6. The molecule has 1 aliphatic carbocycles. The van der Waals surface area contributed by atoms with Crippen molar-refractivity contribution < 1.29 is 14.4 Å². The van der Waals surface area contributed by atoms with E-state index in [2.05, 4.69) is 10.5 Å². The maximum Gasteiger partial charge on any atom is 0.232 e. The third kappa shape index (κ3) is 4.21. The number of nitrogens with one attached hydrogen (secondary N) is 1. The van der Waals surface area contributed by atoms with Crippen LogP contribution in [0, 0.1) is 6.92 Å². The first-order valence-electron chi connectivity index (χ1n) is 9.47. The molecule has 1 atom stereocenters. The van der Waals surface area contributed by atoms with E-state index in [4.69, 9.17) is 26.2 Å². The molecule has 0 spiro atoms. The van der Waals surface area contributed by atoms with Gasteiger partial charge in [-0.3, -0.25) is 4.79 Å². The first kappa shape index (κ1) is 19.4. The van der Waals surface area contributed by atoms with E-state index >= 15 is 0 Å². The fraction of sp³-hybridized carbons (Fsp3) is 0.450. The largest absolute Gasteiger partial charge is 0.488 e. The number of nitrogens with zero attached hydrogens (tertiary/aromatic N) is 2. The van der Waals surface area contributed by atoms with Gasteiger partial charge in [-0.1, -0.05) is 30.9 Å². The molecule has 0 saturated heterocycles. The van der Waals surface area contributed by atoms with Crippen molar-refractivity contribution in [3.63, 3.8) is 0 Å². The Labute approximate surface area is 172 Å². The number of hydrogen-bond acceptors (Lipinski definition) is 7. The molecule has 1 fully saturated rings. The molecule has 0 radical (unpaired) electrons. The SMILES string of the molecule is Cc1nc(C2CCCCC2)sc1COc1ccc(C2=NC(C=O)ON2)c(Cl)c1. The van der Waals surface area contributed by atoms with Crippen LogP contribution >= 0.6 is 22.9 Å². The van der Waals surface area contributed by atoms with Gasteiger partial charge in [0.05, 0.1) is 20.6 Å². The predicted molar refractivity (Wildman–Crippen MR) is 109 cm³/mol. The minimum atomic E-state index is -0.838. The van der Waals surface area contributed by atoms with Gasteiger partial charge in [-0.05, 0) is 38.0 Å². The first-order valence-corrected chi connectivity index (χ1v) is 10.7. The number of benzene rings is 1. The monoisotopic (exact) mass is 419 g/mol. The van der Waals surface area contributed by atoms with Crippen LogP contribution in [0.3, 0.4) is 0 Å². The highest BCUT2D eigenvalue weighted by atomic mass is 35.5. The van der Waals surface area contributed by atoms with Gasteiger partial charge in [-0.2, -0.15) is 0 Å². The van der Waals surface area contributed by atoms with Gasteiger partial charge in [0.25, 0.3) is 0 Å². The molecule has 28 heavy (non-hydrogen) atoms. The van der Waals surface area contributed by atoms with Crippen molar-refractivity contribution in [1.29, 1.82) is 0 Å². The number of carbonyl (C=O) groups is 1. The molecular weight excluding hydrogens is 398 g/mol. The van der Waals surface area contributed by atoms with Crippen LogP contribution < -0.4 is 10.2 Å². The molecule has 1 unspecified atom stereocenters. The summed E-state index contributed by atoms with van der Waals surface area (Å²) < 4.78 is 5.95. The minimum absolute atomic E-state index is 0.434. The second kappa shape index (κ2) is 8.59. The summed E-state index contributed by atoms with van der Waals surface area (Å²) in [6, 6.07) is 5.37. The Kier molecular flexibility index (Phi) is 5.94. The van der Waals surface area contributed by atoms with Crippen molar-refractivity contribution in [3.8, 4) is 5.75 Å². The highest BCUT2D eigenvalue weighted by molar-refractivity contribution is 7.11. The quantitative estimate of drug-likeness (QED) is 0.696. The lowest BCUT2D eigenvalue weighted by atomic mass is 9.90. The molecule has 8 heteroatoms. The van der Waals surface area contributed by atoms with E-state index in [1.165, 1.54) is 37.1 Å². The Morgan fingerprint density at radius 2 is 2.18 bits per heavy atom. The Bertz CT molecular complexity index is 893. The Morgan fingerprint density at radius 3 is 2.89 bits per heavy atom. The maximum atomic E-state index is 10.7. The number of hydrogen-bond donors (Lipinski definition) is 1. The molecule has 6 nitrogen and oxygen atoms in total. The molecule has 2 aliphatic rings. The van der Waals surface area contributed by atoms with Crippen LogP contribution in [0.25, 0.3) is 0 Å². The van der Waals surface area contributed by atoms with E-state index in [1.807, 2.05) is 13.0 Å². The molecule has 0 amide bonds. The molecule has 1 aliphatic heterocycles. The number of aldehydes is 1. The second-order valence-electron chi connectivity index (χ2n) is 7.05. The molecule has 148 valence electrons. The number of carbonyl (C=O) groups excluding carboxylic acids is 1. The first-order chi connectivity index (χ1) is 13.6. The second-order valence-corrected chi connectivity index (χ2v) is 8.57. The Morgan fingerprint density at radius 1 is 1.36 bits per heavy atom. The molecule has 1 aromatic carbocycles. The van der Waals surface area contributed by atoms with Crippen LogP contribution in [0.2, 0.25) is 5.02 Å². The summed E-state index contributed by atoms with van der Waals surface area (Å²) in [7, 11) is 0. The zero-order chi connectivity index (χ0) is 19.5. The number of amidine groups is 1. The summed E-state index contributed by atoms with van der Waals surface area (Å²) in [5, 5.41) is 1.72. The number of halogens is 1. The summed E-state index contributed by atoms with van der Waals surface area (Å²) in [5.74, 6) is 1.72. The lowest BCUT2D eigenvalue weighted by molar-refractivity contribution is -0.118. The minimum Gasteiger partial charge on any atom is -0.488 e. The van der Waals surface area contributed by atoms with Gasteiger partial charge in [0.15, 0.2) is 12.1 Å². The van der Waals surface area contributed by atoms with Crippen LogP contribution in [-0.2, 0) is 16.2 Å². The normalized spacial score (nSPS) is 19.9. The van der Waals surface area contributed by atoms with Crippen molar-refractivity contribution in [1.82, 2.24) is 10.5 Å². The van der Waals surface area contributed by atoms with E-state index in [9.17, 15) is 4.79 Å². The molecular formula is C20H22ClN3O3S. The number of aliphatic imine (C=N–C) groups is 1. The molecule has 2 aromatic rings. The van der Waals surface area contributed by atoms with E-state index in [-0.39, 0.29) is 0 Å². The number of thiazole rings is 1. The summed E-state index contributed by atoms with van der Waals surface area (Å²) in [4.78, 5) is 25.8. The van der Waals surface area contributed by atoms with E-state index in [0.717, 1.165) is 10.6 Å². The summed E-state index contributed by atoms with van der Waals surface area (Å²) in [5.41, 5.74) is 4.33. The van der Waals surface area contributed by atoms with E-state index in [1.54, 1.807) is 23.5 Å². The van der Waals surface area contributed by atoms with Crippen LogP contribution in [0.4, 0.5) is 0 Å². The molecule has 0 bridgehead atoms. The van der Waals surface area contributed by atoms with Gasteiger partial charge in [0.2, 0.25) is 6.23 Å². The Balaban J connectivity index is 1.42. The summed E-state index contributed by atoms with van der Waals surface area (Å²) in [6.45, 7) is 2.52. The molecule has 2 heterocycles. The third-order valence-corrected chi connectivity index (χ3v) is 6.68. The van der Waals surface area contributed by atoms with Crippen LogP contribution in [-0.4, -0.2) is 23.3 Å². The highest BCUT2D eigenvalue weighted by Gasteiger charge is 2.22. The van der Waals surface area contributed by atoms with Gasteiger partial charge in [-0.15, -0.1) is 11.3 Å². The molecule has 1 N–H and O–H groups in total. The number of aromatic nitrogens is 1. The number of aryl methyl sites for hydroxylation is 1. The van der Waals surface area contributed by atoms with Gasteiger partial charge < -0.3 is 4.74 Å². The molecule has 4 rings (SSSR count). The van der Waals surface area contributed by atoms with Gasteiger partial charge in [-0.25, -0.2) is 20.3 Å². The number of rotatable bonds is 6. The third-order valence-electron chi connectivity index (χ3n) is 5.08. The Hall–Kier alpha value is -1.96. The fourth-order valence-electron chi connectivity index (χ4n) is 3.51. The van der Waals surface area contributed by atoms with Crippen LogP contribution in [0.1, 0.15) is 59.2 Å². The van der Waals surface area contributed by atoms with E-state index < -0.39 is 6.23 Å². The summed E-state index contributed by atoms with van der Waals surface area (Å²) >= 11 is 8.13. The number of ether oxygens (including phenoxy) is 1. The van der Waals surface area contributed by atoms with Crippen molar-refractivity contribution in [3.05, 3.63) is 44.4 Å². The van der Waals surface area contributed by atoms with E-state index in [0.29, 0.717) is 41.0 Å².